The second kappa shape index (κ2) is 10.6. The first-order valence-corrected chi connectivity index (χ1v) is 14.3. The predicted octanol–water partition coefficient (Wildman–Crippen LogP) is 4.07. The molecule has 4 heterocycles. The average Bonchev–Trinajstić information content (AvgIpc) is 3.70. The first-order chi connectivity index (χ1) is 19.2. The van der Waals surface area contributed by atoms with Crippen LogP contribution in [0.15, 0.2) is 23.1 Å². The van der Waals surface area contributed by atoms with E-state index in [1.165, 1.54) is 12.3 Å². The van der Waals surface area contributed by atoms with Gasteiger partial charge in [-0.3, -0.25) is 9.69 Å². The number of pyridine rings is 1. The van der Waals surface area contributed by atoms with E-state index in [9.17, 15) is 9.90 Å². The Kier molecular flexibility index (Phi) is 7.33. The number of ether oxygens (including phenoxy) is 2. The Morgan fingerprint density at radius 3 is 2.80 bits per heavy atom. The number of hydrogen-bond acceptors (Lipinski definition) is 8. The van der Waals surface area contributed by atoms with E-state index < -0.39 is 11.9 Å². The highest BCUT2D eigenvalue weighted by molar-refractivity contribution is 6.33. The molecule has 0 unspecified atom stereocenters. The second-order valence-corrected chi connectivity index (χ2v) is 11.9. The smallest absolute Gasteiger partial charge is 0.223 e. The van der Waals surface area contributed by atoms with Crippen molar-refractivity contribution in [2.45, 2.75) is 70.3 Å². The van der Waals surface area contributed by atoms with E-state index >= 15 is 4.39 Å². The average molecular weight is 572 g/mol. The van der Waals surface area contributed by atoms with Crippen LogP contribution >= 0.6 is 11.6 Å². The maximum Gasteiger partial charge on any atom is 0.223 e. The van der Waals surface area contributed by atoms with Crippen LogP contribution in [0.3, 0.4) is 0 Å². The number of fused-ring (bicyclic) bond motifs is 1. The molecule has 2 aliphatic heterocycles. The molecule has 0 amide bonds. The quantitative estimate of drug-likeness (QED) is 0.457. The molecule has 40 heavy (non-hydrogen) atoms. The summed E-state index contributed by atoms with van der Waals surface area (Å²) in [5.41, 5.74) is 2.50. The molecule has 2 atom stereocenters. The number of benzene rings is 1. The molecular weight excluding hydrogens is 537 g/mol. The number of nitrogens with one attached hydrogen (secondary N) is 1. The zero-order chi connectivity index (χ0) is 28.2. The first-order valence-electron chi connectivity index (χ1n) is 13.9. The van der Waals surface area contributed by atoms with Gasteiger partial charge < -0.3 is 24.5 Å². The predicted molar refractivity (Wildman–Crippen MR) is 151 cm³/mol. The molecule has 1 saturated carbocycles. The summed E-state index contributed by atoms with van der Waals surface area (Å²) in [5.74, 6) is -0.339. The van der Waals surface area contributed by atoms with Gasteiger partial charge >= 0.3 is 0 Å². The largest absolute Gasteiger partial charge is 0.389 e. The van der Waals surface area contributed by atoms with Crippen LogP contribution in [0.5, 0.6) is 0 Å². The SMILES string of the molecule is Cc1c(CN2CCOCC23CC3)n(C(C)C)c2cc(-c3nc(N[C@@H]4CCOC[C@H]4O)ncc3Cl)cc(F)c2c1=O. The third-order valence-corrected chi connectivity index (χ3v) is 8.79. The van der Waals surface area contributed by atoms with Crippen LogP contribution < -0.4 is 10.7 Å². The summed E-state index contributed by atoms with van der Waals surface area (Å²) in [5, 5.41) is 13.8. The van der Waals surface area contributed by atoms with Crippen LogP contribution in [-0.2, 0) is 16.0 Å². The molecule has 1 spiro atoms. The van der Waals surface area contributed by atoms with Crippen molar-refractivity contribution < 1.29 is 19.0 Å². The third-order valence-electron chi connectivity index (χ3n) is 8.51. The molecular formula is C29H35ClFN5O4. The van der Waals surface area contributed by atoms with Gasteiger partial charge in [0, 0.05) is 48.1 Å². The number of rotatable bonds is 6. The third kappa shape index (κ3) is 4.90. The van der Waals surface area contributed by atoms with E-state index in [0.29, 0.717) is 55.1 Å². The minimum atomic E-state index is -0.696. The lowest BCUT2D eigenvalue weighted by Crippen LogP contribution is -2.47. The number of hydrogen-bond donors (Lipinski definition) is 2. The van der Waals surface area contributed by atoms with Gasteiger partial charge in [0.25, 0.3) is 0 Å². The number of morpholine rings is 1. The van der Waals surface area contributed by atoms with Crippen LogP contribution in [-0.4, -0.2) is 75.2 Å². The molecule has 2 aromatic heterocycles. The van der Waals surface area contributed by atoms with Crippen LogP contribution in [0.2, 0.25) is 5.02 Å². The summed E-state index contributed by atoms with van der Waals surface area (Å²) in [6.45, 7) is 9.40. The molecule has 2 saturated heterocycles. The van der Waals surface area contributed by atoms with Gasteiger partial charge in [-0.2, -0.15) is 0 Å². The van der Waals surface area contributed by atoms with Crippen molar-refractivity contribution in [3.63, 3.8) is 0 Å². The zero-order valence-corrected chi connectivity index (χ0v) is 23.8. The minimum Gasteiger partial charge on any atom is -0.389 e. The Bertz CT molecular complexity index is 1510. The molecule has 1 aliphatic carbocycles. The molecule has 2 N–H and O–H groups in total. The van der Waals surface area contributed by atoms with E-state index in [1.54, 1.807) is 13.0 Å². The van der Waals surface area contributed by atoms with Crippen LogP contribution in [0, 0.1) is 12.7 Å². The van der Waals surface area contributed by atoms with Gasteiger partial charge in [0.1, 0.15) is 5.82 Å². The molecule has 11 heteroatoms. The number of aliphatic hydroxyl groups is 1. The van der Waals surface area contributed by atoms with Crippen molar-refractivity contribution in [3.05, 3.63) is 50.7 Å². The maximum atomic E-state index is 15.8. The standard InChI is InChI=1S/C29H35ClFN5O4/c1-16(2)36-22-11-18(26-19(30)12-32-28(34-26)33-21-4-8-39-14-24(21)37)10-20(31)25(22)27(38)17(3)23(36)13-35-7-9-40-15-29(35)5-6-29/h10-12,16,21,24,37H,4-9,13-15H2,1-3H3,(H,32,33,34)/t21-,24-/m1/s1. The molecule has 0 bridgehead atoms. The van der Waals surface area contributed by atoms with Gasteiger partial charge in [-0.05, 0) is 52.2 Å². The zero-order valence-electron chi connectivity index (χ0n) is 23.0. The van der Waals surface area contributed by atoms with Crippen LogP contribution in [0.25, 0.3) is 22.2 Å². The molecule has 1 aromatic carbocycles. The maximum absolute atomic E-state index is 15.8. The highest BCUT2D eigenvalue weighted by atomic mass is 35.5. The van der Waals surface area contributed by atoms with Crippen molar-refractivity contribution >= 4 is 28.5 Å². The monoisotopic (exact) mass is 571 g/mol. The Hall–Kier alpha value is -2.63. The number of nitrogens with zero attached hydrogens (tertiary/aromatic N) is 4. The summed E-state index contributed by atoms with van der Waals surface area (Å²) < 4.78 is 29.0. The highest BCUT2D eigenvalue weighted by Crippen LogP contribution is 2.44. The molecule has 9 nitrogen and oxygen atoms in total. The summed E-state index contributed by atoms with van der Waals surface area (Å²) in [4.78, 5) is 24.9. The summed E-state index contributed by atoms with van der Waals surface area (Å²) in [6, 6.07) is 2.81. The van der Waals surface area contributed by atoms with E-state index in [-0.39, 0.29) is 46.0 Å². The van der Waals surface area contributed by atoms with Crippen molar-refractivity contribution in [1.82, 2.24) is 19.4 Å². The molecule has 0 radical (unpaired) electrons. The van der Waals surface area contributed by atoms with Gasteiger partial charge in [0.2, 0.25) is 5.95 Å². The minimum absolute atomic E-state index is 0.0317. The van der Waals surface area contributed by atoms with E-state index in [1.807, 2.05) is 13.8 Å². The van der Waals surface area contributed by atoms with E-state index in [2.05, 4.69) is 24.8 Å². The number of aliphatic hydroxyl groups excluding tert-OH is 1. The lowest BCUT2D eigenvalue weighted by molar-refractivity contribution is -0.0256. The van der Waals surface area contributed by atoms with Crippen LogP contribution in [0.1, 0.15) is 50.4 Å². The van der Waals surface area contributed by atoms with Gasteiger partial charge in [-0.15, -0.1) is 0 Å². The summed E-state index contributed by atoms with van der Waals surface area (Å²) in [6.07, 6.45) is 3.53. The van der Waals surface area contributed by atoms with Gasteiger partial charge in [0.15, 0.2) is 5.43 Å². The summed E-state index contributed by atoms with van der Waals surface area (Å²) >= 11 is 6.53. The Labute approximate surface area is 237 Å². The van der Waals surface area contributed by atoms with Gasteiger partial charge in [0.05, 0.1) is 59.8 Å². The molecule has 214 valence electrons. The van der Waals surface area contributed by atoms with Crippen molar-refractivity contribution in [2.75, 3.05) is 38.3 Å². The van der Waals surface area contributed by atoms with Crippen molar-refractivity contribution in [1.29, 1.82) is 0 Å². The summed E-state index contributed by atoms with van der Waals surface area (Å²) in [7, 11) is 0. The number of anilines is 1. The topological polar surface area (TPSA) is 102 Å². The fourth-order valence-electron chi connectivity index (χ4n) is 6.07. The molecule has 3 aliphatic rings. The second-order valence-electron chi connectivity index (χ2n) is 11.5. The van der Waals surface area contributed by atoms with Gasteiger partial charge in [-0.1, -0.05) is 11.6 Å². The molecule has 6 rings (SSSR count). The van der Waals surface area contributed by atoms with E-state index in [4.69, 9.17) is 21.1 Å². The Morgan fingerprint density at radius 2 is 2.08 bits per heavy atom. The number of halogens is 2. The lowest BCUT2D eigenvalue weighted by atomic mass is 10.0. The fourth-order valence-corrected chi connectivity index (χ4v) is 6.27. The Balaban J connectivity index is 1.45. The lowest BCUT2D eigenvalue weighted by Gasteiger charge is -2.37. The van der Waals surface area contributed by atoms with Crippen LogP contribution in [0.4, 0.5) is 10.3 Å². The van der Waals surface area contributed by atoms with Gasteiger partial charge in [-0.25, -0.2) is 14.4 Å². The highest BCUT2D eigenvalue weighted by Gasteiger charge is 2.50. The Morgan fingerprint density at radius 1 is 1.27 bits per heavy atom. The first kappa shape index (κ1) is 27.5. The normalized spacial score (nSPS) is 22.8. The molecule has 3 fully saturated rings. The van der Waals surface area contributed by atoms with Crippen molar-refractivity contribution in [3.8, 4) is 11.3 Å². The van der Waals surface area contributed by atoms with E-state index in [0.717, 1.165) is 25.1 Å². The van der Waals surface area contributed by atoms with Crippen molar-refractivity contribution in [2.24, 2.45) is 0 Å². The molecule has 3 aromatic rings. The fraction of sp³-hybridized carbons (Fsp3) is 0.552. The number of aromatic nitrogens is 3.